The minimum atomic E-state index is -0.877. The molecule has 0 saturated carbocycles. The lowest BCUT2D eigenvalue weighted by atomic mass is 9.82. The largest absolute Gasteiger partial charge is 0.468 e. The average Bonchev–Trinajstić information content (AvgIpc) is 2.28. The second kappa shape index (κ2) is 5.30. The molecule has 84 valence electrons. The summed E-state index contributed by atoms with van der Waals surface area (Å²) in [6.07, 6.45) is 0. The van der Waals surface area contributed by atoms with E-state index < -0.39 is 5.41 Å². The average molecular weight is 329 g/mol. The number of ether oxygens (including phenoxy) is 1. The van der Waals surface area contributed by atoms with Gasteiger partial charge in [0.05, 0.1) is 7.11 Å². The molecular weight excluding hydrogens is 317 g/mol. The van der Waals surface area contributed by atoms with Gasteiger partial charge in [0.25, 0.3) is 0 Å². The zero-order chi connectivity index (χ0) is 12.2. The second-order valence-corrected chi connectivity index (χ2v) is 4.90. The number of carbonyl (C=O) groups is 1. The Balaban J connectivity index is 3.22. The first kappa shape index (κ1) is 13.0. The van der Waals surface area contributed by atoms with Crippen molar-refractivity contribution in [1.82, 2.24) is 0 Å². The molecule has 0 saturated heterocycles. The first-order chi connectivity index (χ1) is 7.54. The van der Waals surface area contributed by atoms with Crippen LogP contribution in [0.5, 0.6) is 0 Å². The van der Waals surface area contributed by atoms with Gasteiger partial charge in [0.1, 0.15) is 0 Å². The first-order valence-corrected chi connectivity index (χ1v) is 5.80. The minimum Gasteiger partial charge on any atom is -0.468 e. The molecule has 1 atom stereocenters. The van der Waals surface area contributed by atoms with E-state index in [2.05, 4.69) is 27.4 Å². The van der Waals surface area contributed by atoms with Gasteiger partial charge in [-0.05, 0) is 47.2 Å². The normalized spacial score (nSPS) is 13.6. The maximum Gasteiger partial charge on any atom is 0.323 e. The Hall–Kier alpha value is -1.09. The summed E-state index contributed by atoms with van der Waals surface area (Å²) in [4.78, 5) is 15.1. The molecule has 1 unspecified atom stereocenters. The van der Waals surface area contributed by atoms with E-state index in [0.717, 1.165) is 9.13 Å². The summed E-state index contributed by atoms with van der Waals surface area (Å²) in [6.45, 7) is 8.78. The van der Waals surface area contributed by atoms with E-state index in [0.29, 0.717) is 0 Å². The smallest absolute Gasteiger partial charge is 0.323 e. The second-order valence-electron chi connectivity index (χ2n) is 3.65. The Morgan fingerprint density at radius 2 is 2.31 bits per heavy atom. The SMILES string of the molecule is [C-]#[N+]CC(C)(C(=O)OC)c1cccc(I)c1. The van der Waals surface area contributed by atoms with Gasteiger partial charge in [-0.2, -0.15) is 0 Å². The van der Waals surface area contributed by atoms with Crippen molar-refractivity contribution >= 4 is 28.6 Å². The number of methoxy groups -OCH3 is 1. The molecule has 1 rings (SSSR count). The predicted octanol–water partition coefficient (Wildman–Crippen LogP) is 2.64. The van der Waals surface area contributed by atoms with Crippen LogP contribution < -0.4 is 0 Å². The van der Waals surface area contributed by atoms with Gasteiger partial charge in [0.15, 0.2) is 5.41 Å². The van der Waals surface area contributed by atoms with Crippen molar-refractivity contribution in [2.24, 2.45) is 0 Å². The lowest BCUT2D eigenvalue weighted by Crippen LogP contribution is -2.36. The Labute approximate surface area is 109 Å². The van der Waals surface area contributed by atoms with Gasteiger partial charge in [0.2, 0.25) is 6.54 Å². The van der Waals surface area contributed by atoms with Crippen molar-refractivity contribution in [2.45, 2.75) is 12.3 Å². The molecule has 0 bridgehead atoms. The molecule has 16 heavy (non-hydrogen) atoms. The van der Waals surface area contributed by atoms with Crippen LogP contribution in [-0.2, 0) is 14.9 Å². The van der Waals surface area contributed by atoms with Gasteiger partial charge < -0.3 is 9.58 Å². The molecule has 1 aromatic carbocycles. The molecule has 0 aliphatic heterocycles. The number of halogens is 1. The van der Waals surface area contributed by atoms with Crippen molar-refractivity contribution in [3.8, 4) is 0 Å². The van der Waals surface area contributed by atoms with E-state index in [1.807, 2.05) is 24.3 Å². The van der Waals surface area contributed by atoms with Crippen LogP contribution in [0.2, 0.25) is 0 Å². The van der Waals surface area contributed by atoms with E-state index >= 15 is 0 Å². The number of nitrogens with zero attached hydrogens (tertiary/aromatic N) is 1. The van der Waals surface area contributed by atoms with Crippen LogP contribution in [0.4, 0.5) is 0 Å². The van der Waals surface area contributed by atoms with Crippen LogP contribution >= 0.6 is 22.6 Å². The Morgan fingerprint density at radius 1 is 1.62 bits per heavy atom. The summed E-state index contributed by atoms with van der Waals surface area (Å²) < 4.78 is 5.81. The van der Waals surface area contributed by atoms with Crippen molar-refractivity contribution in [3.63, 3.8) is 0 Å². The fraction of sp³-hybridized carbons (Fsp3) is 0.333. The van der Waals surface area contributed by atoms with Crippen LogP contribution in [0.25, 0.3) is 4.85 Å². The van der Waals surface area contributed by atoms with Crippen LogP contribution in [0.1, 0.15) is 12.5 Å². The first-order valence-electron chi connectivity index (χ1n) is 4.72. The molecule has 0 amide bonds. The third-order valence-electron chi connectivity index (χ3n) is 2.49. The number of esters is 1. The molecule has 3 nitrogen and oxygen atoms in total. The van der Waals surface area contributed by atoms with Crippen LogP contribution in [-0.4, -0.2) is 19.6 Å². The van der Waals surface area contributed by atoms with Gasteiger partial charge in [-0.3, -0.25) is 4.79 Å². The quantitative estimate of drug-likeness (QED) is 0.485. The summed E-state index contributed by atoms with van der Waals surface area (Å²) in [5.74, 6) is -0.370. The third kappa shape index (κ3) is 2.53. The maximum absolute atomic E-state index is 11.8. The zero-order valence-corrected chi connectivity index (χ0v) is 11.3. The summed E-state index contributed by atoms with van der Waals surface area (Å²) >= 11 is 2.18. The maximum atomic E-state index is 11.8. The van der Waals surface area contributed by atoms with Crippen LogP contribution in [0.15, 0.2) is 24.3 Å². The summed E-state index contributed by atoms with van der Waals surface area (Å²) in [5, 5.41) is 0. The van der Waals surface area contributed by atoms with Crippen LogP contribution in [0, 0.1) is 10.1 Å². The standard InChI is InChI=1S/C12H12INO2/c1-12(8-14-2,11(15)16-3)9-5-4-6-10(13)7-9/h4-7H,8H2,1,3H3. The molecule has 0 spiro atoms. The molecule has 0 fully saturated rings. The monoisotopic (exact) mass is 329 g/mol. The van der Waals surface area contributed by atoms with E-state index in [9.17, 15) is 4.79 Å². The van der Waals surface area contributed by atoms with Gasteiger partial charge in [-0.1, -0.05) is 12.1 Å². The van der Waals surface area contributed by atoms with Crippen molar-refractivity contribution < 1.29 is 9.53 Å². The fourth-order valence-electron chi connectivity index (χ4n) is 1.49. The van der Waals surface area contributed by atoms with Crippen molar-refractivity contribution in [1.29, 1.82) is 0 Å². The topological polar surface area (TPSA) is 30.7 Å². The van der Waals surface area contributed by atoms with Gasteiger partial charge in [0, 0.05) is 3.57 Å². The lowest BCUT2D eigenvalue weighted by Gasteiger charge is -2.21. The predicted molar refractivity (Wildman–Crippen MR) is 70.0 cm³/mol. The van der Waals surface area contributed by atoms with E-state index in [1.54, 1.807) is 6.92 Å². The molecule has 1 aromatic rings. The molecule has 0 radical (unpaired) electrons. The molecule has 0 N–H and O–H groups in total. The summed E-state index contributed by atoms with van der Waals surface area (Å²) in [7, 11) is 1.35. The molecule has 0 heterocycles. The molecule has 0 aromatic heterocycles. The third-order valence-corrected chi connectivity index (χ3v) is 3.16. The number of hydrogen-bond donors (Lipinski definition) is 0. The number of rotatable bonds is 3. The van der Waals surface area contributed by atoms with Gasteiger partial charge >= 0.3 is 5.97 Å². The van der Waals surface area contributed by atoms with Crippen molar-refractivity contribution in [2.75, 3.05) is 13.7 Å². The highest BCUT2D eigenvalue weighted by molar-refractivity contribution is 14.1. The number of carbonyl (C=O) groups excluding carboxylic acids is 1. The molecule has 0 aliphatic rings. The van der Waals surface area contributed by atoms with Gasteiger partial charge in [-0.25, -0.2) is 6.57 Å². The molecule has 4 heteroatoms. The summed E-state index contributed by atoms with van der Waals surface area (Å²) in [5.41, 5.74) is -0.0558. The van der Waals surface area contributed by atoms with Crippen LogP contribution in [0.3, 0.4) is 0 Å². The van der Waals surface area contributed by atoms with E-state index in [4.69, 9.17) is 11.3 Å². The van der Waals surface area contributed by atoms with Crippen molar-refractivity contribution in [3.05, 3.63) is 44.8 Å². The number of hydrogen-bond acceptors (Lipinski definition) is 2. The number of benzene rings is 1. The molecule has 0 aliphatic carbocycles. The van der Waals surface area contributed by atoms with Gasteiger partial charge in [-0.15, -0.1) is 0 Å². The van der Waals surface area contributed by atoms with E-state index in [-0.39, 0.29) is 12.5 Å². The highest BCUT2D eigenvalue weighted by atomic mass is 127. The zero-order valence-electron chi connectivity index (χ0n) is 9.16. The Kier molecular flexibility index (Phi) is 4.30. The lowest BCUT2D eigenvalue weighted by molar-refractivity contribution is -0.146. The molecular formula is C12H12INO2. The Bertz CT molecular complexity index is 439. The fourth-order valence-corrected chi connectivity index (χ4v) is 2.03. The van der Waals surface area contributed by atoms with E-state index in [1.165, 1.54) is 7.11 Å². The highest BCUT2D eigenvalue weighted by Gasteiger charge is 2.40. The minimum absolute atomic E-state index is 0.0970. The summed E-state index contributed by atoms with van der Waals surface area (Å²) in [6, 6.07) is 7.58. The highest BCUT2D eigenvalue weighted by Crippen LogP contribution is 2.27. The Morgan fingerprint density at radius 3 is 2.81 bits per heavy atom.